The molecule has 14 heavy (non-hydrogen) atoms. The molecule has 0 saturated heterocycles. The molecule has 0 aliphatic heterocycles. The number of nitrogens with zero attached hydrogens (tertiary/aromatic N) is 1. The third-order valence-electron chi connectivity index (χ3n) is 1.66. The minimum absolute atomic E-state index is 0.186. The Labute approximate surface area is 87.3 Å². The number of nitrogens with one attached hydrogen (secondary N) is 1. The maximum Gasteiger partial charge on any atom is 0.151 e. The van der Waals surface area contributed by atoms with Crippen molar-refractivity contribution >= 4 is 17.1 Å². The summed E-state index contributed by atoms with van der Waals surface area (Å²) in [5.74, 6) is 0.186. The summed E-state index contributed by atoms with van der Waals surface area (Å²) in [5.41, 5.74) is 1.74. The highest BCUT2D eigenvalue weighted by atomic mass is 32.1. The largest absolute Gasteiger partial charge is 0.383 e. The van der Waals surface area contributed by atoms with Crippen LogP contribution in [0.4, 0.5) is 0 Å². The fraction of sp³-hybridized carbons (Fsp3) is 0.556. The number of Topliss-reactive ketones (excluding diaryl/α,β-unsaturated/α-hetero) is 1. The zero-order valence-corrected chi connectivity index (χ0v) is 8.97. The van der Waals surface area contributed by atoms with Crippen molar-refractivity contribution in [1.29, 1.82) is 0 Å². The minimum atomic E-state index is 0.186. The number of aromatic nitrogens is 1. The van der Waals surface area contributed by atoms with Gasteiger partial charge in [0.1, 0.15) is 0 Å². The highest BCUT2D eigenvalue weighted by Gasteiger charge is 2.03. The van der Waals surface area contributed by atoms with Gasteiger partial charge in [0.15, 0.2) is 5.78 Å². The van der Waals surface area contributed by atoms with Crippen LogP contribution in [-0.2, 0) is 16.0 Å². The van der Waals surface area contributed by atoms with Crippen LogP contribution in [-0.4, -0.2) is 37.6 Å². The molecule has 1 rings (SSSR count). The number of carbonyl (C=O) groups excluding carboxylic acids is 1. The van der Waals surface area contributed by atoms with E-state index in [0.717, 1.165) is 4.88 Å². The molecule has 0 amide bonds. The molecule has 1 aromatic heterocycles. The summed E-state index contributed by atoms with van der Waals surface area (Å²) >= 11 is 1.51. The second kappa shape index (κ2) is 6.64. The van der Waals surface area contributed by atoms with Crippen LogP contribution < -0.4 is 5.32 Å². The van der Waals surface area contributed by atoms with Gasteiger partial charge in [-0.3, -0.25) is 9.78 Å². The summed E-state index contributed by atoms with van der Waals surface area (Å²) in [7, 11) is 1.64. The molecule has 0 atom stereocenters. The number of ketones is 1. The summed E-state index contributed by atoms with van der Waals surface area (Å²) in [6, 6.07) is 0. The predicted octanol–water partition coefficient (Wildman–Crippen LogP) is 0.491. The Hall–Kier alpha value is -0.780. The Bertz CT molecular complexity index is 262. The highest BCUT2D eigenvalue weighted by Crippen LogP contribution is 2.05. The van der Waals surface area contributed by atoms with Crippen molar-refractivity contribution in [3.63, 3.8) is 0 Å². The standard InChI is InChI=1S/C9H14N2O2S/c1-13-3-2-10-5-8(12)4-9-6-11-7-14-9/h6-7,10H,2-5H2,1H3. The van der Waals surface area contributed by atoms with Crippen LogP contribution in [0, 0.1) is 0 Å². The Morgan fingerprint density at radius 3 is 3.21 bits per heavy atom. The van der Waals surface area contributed by atoms with E-state index in [-0.39, 0.29) is 5.78 Å². The van der Waals surface area contributed by atoms with E-state index in [1.807, 2.05) is 0 Å². The van der Waals surface area contributed by atoms with Crippen molar-refractivity contribution in [1.82, 2.24) is 10.3 Å². The Balaban J connectivity index is 2.11. The maximum absolute atomic E-state index is 11.3. The first-order valence-electron chi connectivity index (χ1n) is 4.41. The van der Waals surface area contributed by atoms with E-state index >= 15 is 0 Å². The second-order valence-corrected chi connectivity index (χ2v) is 3.82. The van der Waals surface area contributed by atoms with E-state index in [1.165, 1.54) is 11.3 Å². The SMILES string of the molecule is COCCNCC(=O)Cc1cncs1. The molecule has 0 aliphatic carbocycles. The van der Waals surface area contributed by atoms with Crippen molar-refractivity contribution in [2.24, 2.45) is 0 Å². The van der Waals surface area contributed by atoms with E-state index in [9.17, 15) is 4.79 Å². The average Bonchev–Trinajstić information content (AvgIpc) is 2.65. The van der Waals surface area contributed by atoms with E-state index in [0.29, 0.717) is 26.1 Å². The third-order valence-corrected chi connectivity index (χ3v) is 2.44. The monoisotopic (exact) mass is 214 g/mol. The van der Waals surface area contributed by atoms with E-state index in [4.69, 9.17) is 4.74 Å². The van der Waals surface area contributed by atoms with Crippen LogP contribution in [0.2, 0.25) is 0 Å². The van der Waals surface area contributed by atoms with Crippen molar-refractivity contribution < 1.29 is 9.53 Å². The first kappa shape index (κ1) is 11.3. The average molecular weight is 214 g/mol. The molecule has 0 spiro atoms. The molecule has 1 aromatic rings. The third kappa shape index (κ3) is 4.45. The minimum Gasteiger partial charge on any atom is -0.383 e. The van der Waals surface area contributed by atoms with Gasteiger partial charge in [0.2, 0.25) is 0 Å². The predicted molar refractivity (Wildman–Crippen MR) is 55.6 cm³/mol. The molecule has 1 N–H and O–H groups in total. The molecule has 0 fully saturated rings. The van der Waals surface area contributed by atoms with Gasteiger partial charge in [-0.2, -0.15) is 0 Å². The van der Waals surface area contributed by atoms with Crippen LogP contribution in [0.25, 0.3) is 0 Å². The summed E-state index contributed by atoms with van der Waals surface area (Å²) in [6.07, 6.45) is 2.21. The summed E-state index contributed by atoms with van der Waals surface area (Å²) in [6.45, 7) is 1.75. The maximum atomic E-state index is 11.3. The summed E-state index contributed by atoms with van der Waals surface area (Å²) in [4.78, 5) is 16.3. The van der Waals surface area contributed by atoms with Gasteiger partial charge in [0, 0.05) is 31.1 Å². The molecule has 0 saturated carbocycles. The molecular weight excluding hydrogens is 200 g/mol. The van der Waals surface area contributed by atoms with Crippen LogP contribution in [0.3, 0.4) is 0 Å². The molecule has 78 valence electrons. The molecule has 4 nitrogen and oxygen atoms in total. The zero-order valence-electron chi connectivity index (χ0n) is 8.16. The molecule has 1 heterocycles. The quantitative estimate of drug-likeness (QED) is 0.671. The van der Waals surface area contributed by atoms with Crippen molar-refractivity contribution in [2.75, 3.05) is 26.8 Å². The van der Waals surface area contributed by atoms with Crippen LogP contribution >= 0.6 is 11.3 Å². The lowest BCUT2D eigenvalue weighted by molar-refractivity contribution is -0.117. The van der Waals surface area contributed by atoms with E-state index in [2.05, 4.69) is 10.3 Å². The van der Waals surface area contributed by atoms with Gasteiger partial charge in [-0.1, -0.05) is 0 Å². The van der Waals surface area contributed by atoms with Gasteiger partial charge in [0.05, 0.1) is 18.7 Å². The van der Waals surface area contributed by atoms with Crippen LogP contribution in [0.15, 0.2) is 11.7 Å². The van der Waals surface area contributed by atoms with Crippen LogP contribution in [0.5, 0.6) is 0 Å². The second-order valence-electron chi connectivity index (χ2n) is 2.85. The lowest BCUT2D eigenvalue weighted by Crippen LogP contribution is -2.27. The van der Waals surface area contributed by atoms with Gasteiger partial charge in [-0.15, -0.1) is 11.3 Å². The summed E-state index contributed by atoms with van der Waals surface area (Å²) < 4.78 is 4.85. The number of ether oxygens (including phenoxy) is 1. The van der Waals surface area contributed by atoms with Gasteiger partial charge in [0.25, 0.3) is 0 Å². The number of rotatable bonds is 7. The van der Waals surface area contributed by atoms with E-state index < -0.39 is 0 Å². The molecule has 0 aromatic carbocycles. The van der Waals surface area contributed by atoms with Crippen LogP contribution in [0.1, 0.15) is 4.88 Å². The number of hydrogen-bond acceptors (Lipinski definition) is 5. The molecule has 0 bridgehead atoms. The van der Waals surface area contributed by atoms with E-state index in [1.54, 1.807) is 18.8 Å². The number of thiazole rings is 1. The first-order chi connectivity index (χ1) is 6.83. The number of carbonyl (C=O) groups is 1. The molecular formula is C9H14N2O2S. The number of hydrogen-bond donors (Lipinski definition) is 1. The van der Waals surface area contributed by atoms with Crippen molar-refractivity contribution in [3.8, 4) is 0 Å². The Kier molecular flexibility index (Phi) is 5.36. The smallest absolute Gasteiger partial charge is 0.151 e. The molecule has 0 aliphatic rings. The summed E-state index contributed by atoms with van der Waals surface area (Å²) in [5, 5.41) is 3.01. The van der Waals surface area contributed by atoms with Gasteiger partial charge >= 0.3 is 0 Å². The fourth-order valence-electron chi connectivity index (χ4n) is 0.988. The van der Waals surface area contributed by atoms with Gasteiger partial charge < -0.3 is 10.1 Å². The molecule has 0 radical (unpaired) electrons. The van der Waals surface area contributed by atoms with Crippen molar-refractivity contribution in [2.45, 2.75) is 6.42 Å². The zero-order chi connectivity index (χ0) is 10.2. The lowest BCUT2D eigenvalue weighted by Gasteiger charge is -2.01. The fourth-order valence-corrected chi connectivity index (χ4v) is 1.61. The highest BCUT2D eigenvalue weighted by molar-refractivity contribution is 7.09. The first-order valence-corrected chi connectivity index (χ1v) is 5.29. The van der Waals surface area contributed by atoms with Crippen molar-refractivity contribution in [3.05, 3.63) is 16.6 Å². The molecule has 0 unspecified atom stereocenters. The Morgan fingerprint density at radius 1 is 1.71 bits per heavy atom. The lowest BCUT2D eigenvalue weighted by atomic mass is 10.2. The molecule has 5 heteroatoms. The van der Waals surface area contributed by atoms with Gasteiger partial charge in [-0.05, 0) is 0 Å². The Morgan fingerprint density at radius 2 is 2.57 bits per heavy atom. The number of methoxy groups -OCH3 is 1. The van der Waals surface area contributed by atoms with Gasteiger partial charge in [-0.25, -0.2) is 0 Å². The normalized spacial score (nSPS) is 10.4. The topological polar surface area (TPSA) is 51.2 Å².